The molecular weight excluding hydrogens is 174 g/mol. The summed E-state index contributed by atoms with van der Waals surface area (Å²) >= 11 is 0. The van der Waals surface area contributed by atoms with E-state index < -0.39 is 17.1 Å². The molecule has 1 rings (SSSR count). The molecule has 0 aromatic carbocycles. The first kappa shape index (κ1) is 9.31. The van der Waals surface area contributed by atoms with Crippen molar-refractivity contribution in [2.45, 2.75) is 0 Å². The van der Waals surface area contributed by atoms with Crippen LogP contribution >= 0.6 is 0 Å². The van der Waals surface area contributed by atoms with E-state index in [1.165, 1.54) is 26.4 Å². The highest BCUT2D eigenvalue weighted by atomic mass is 16.5. The summed E-state index contributed by atoms with van der Waals surface area (Å²) in [5.74, 6) is -1.51. The summed E-state index contributed by atoms with van der Waals surface area (Å²) in [6.45, 7) is 0. The maximum Gasteiger partial charge on any atom is 0.263 e. The highest BCUT2D eigenvalue weighted by molar-refractivity contribution is 5.88. The van der Waals surface area contributed by atoms with Gasteiger partial charge in [-0.1, -0.05) is 0 Å². The monoisotopic (exact) mass is 182 g/mol. The normalized spacial score (nSPS) is 9.69. The highest BCUT2D eigenvalue weighted by Gasteiger charge is 2.09. The van der Waals surface area contributed by atoms with Crippen molar-refractivity contribution in [3.05, 3.63) is 28.2 Å². The highest BCUT2D eigenvalue weighted by Crippen LogP contribution is 2.11. The minimum Gasteiger partial charge on any atom is -0.544 e. The van der Waals surface area contributed by atoms with Gasteiger partial charge < -0.3 is 19.2 Å². The van der Waals surface area contributed by atoms with Crippen LogP contribution in [0.2, 0.25) is 0 Å². The lowest BCUT2D eigenvalue weighted by atomic mass is 10.2. The summed E-state index contributed by atoms with van der Waals surface area (Å²) in [7, 11) is 2.75. The van der Waals surface area contributed by atoms with Gasteiger partial charge in [0.1, 0.15) is 11.3 Å². The number of aryl methyl sites for hydroxylation is 1. The van der Waals surface area contributed by atoms with Crippen LogP contribution < -0.4 is 15.4 Å². The van der Waals surface area contributed by atoms with Crippen molar-refractivity contribution in [1.29, 1.82) is 0 Å². The number of pyridine rings is 1. The van der Waals surface area contributed by atoms with Gasteiger partial charge in [-0.2, -0.15) is 0 Å². The quantitative estimate of drug-likeness (QED) is 0.573. The van der Waals surface area contributed by atoms with Gasteiger partial charge in [0.25, 0.3) is 5.56 Å². The molecule has 0 aliphatic rings. The van der Waals surface area contributed by atoms with Gasteiger partial charge in [0.2, 0.25) is 0 Å². The molecule has 0 N–H and O–H groups in total. The van der Waals surface area contributed by atoms with Crippen molar-refractivity contribution in [2.75, 3.05) is 7.11 Å². The van der Waals surface area contributed by atoms with Gasteiger partial charge >= 0.3 is 0 Å². The minimum absolute atomic E-state index is 0.0168. The lowest BCUT2D eigenvalue weighted by Gasteiger charge is -2.09. The third-order valence-corrected chi connectivity index (χ3v) is 1.65. The maximum absolute atomic E-state index is 11.3. The topological polar surface area (TPSA) is 71.4 Å². The second-order valence-electron chi connectivity index (χ2n) is 2.46. The molecular formula is C8H8NO4-. The third kappa shape index (κ3) is 1.53. The zero-order valence-electron chi connectivity index (χ0n) is 7.23. The van der Waals surface area contributed by atoms with Gasteiger partial charge in [0, 0.05) is 13.2 Å². The van der Waals surface area contributed by atoms with Crippen LogP contribution in [0.25, 0.3) is 0 Å². The fourth-order valence-electron chi connectivity index (χ4n) is 0.970. The molecule has 0 spiro atoms. The molecule has 1 aromatic rings. The van der Waals surface area contributed by atoms with Crippen LogP contribution in [0.15, 0.2) is 17.1 Å². The first-order chi connectivity index (χ1) is 6.07. The van der Waals surface area contributed by atoms with Crippen LogP contribution in [0.4, 0.5) is 0 Å². The van der Waals surface area contributed by atoms with Crippen molar-refractivity contribution in [2.24, 2.45) is 7.05 Å². The van der Waals surface area contributed by atoms with E-state index in [0.717, 1.165) is 4.57 Å². The largest absolute Gasteiger partial charge is 0.544 e. The number of nitrogens with zero attached hydrogens (tertiary/aromatic N) is 1. The van der Waals surface area contributed by atoms with Crippen molar-refractivity contribution in [1.82, 2.24) is 4.57 Å². The van der Waals surface area contributed by atoms with Crippen LogP contribution in [0, 0.1) is 0 Å². The summed E-state index contributed by atoms with van der Waals surface area (Å²) in [4.78, 5) is 21.8. The number of hydrogen-bond acceptors (Lipinski definition) is 4. The number of carbonyl (C=O) groups excluding carboxylic acids is 1. The van der Waals surface area contributed by atoms with E-state index in [0.29, 0.717) is 0 Å². The number of hydrogen-bond donors (Lipinski definition) is 0. The number of carboxylic acids is 1. The molecule has 0 bridgehead atoms. The molecule has 0 amide bonds. The first-order valence-electron chi connectivity index (χ1n) is 3.53. The number of rotatable bonds is 2. The van der Waals surface area contributed by atoms with E-state index >= 15 is 0 Å². The van der Waals surface area contributed by atoms with Crippen LogP contribution in [0.1, 0.15) is 10.4 Å². The molecule has 0 atom stereocenters. The number of aromatic carboxylic acids is 1. The molecule has 5 nitrogen and oxygen atoms in total. The van der Waals surface area contributed by atoms with Gasteiger partial charge in [0.15, 0.2) is 0 Å². The van der Waals surface area contributed by atoms with E-state index in [9.17, 15) is 14.7 Å². The molecule has 13 heavy (non-hydrogen) atoms. The predicted octanol–water partition coefficient (Wildman–Crippen LogP) is -1.24. The Morgan fingerprint density at radius 2 is 2.23 bits per heavy atom. The Morgan fingerprint density at radius 3 is 2.69 bits per heavy atom. The molecule has 0 radical (unpaired) electrons. The fourth-order valence-corrected chi connectivity index (χ4v) is 0.970. The van der Waals surface area contributed by atoms with E-state index in [4.69, 9.17) is 4.74 Å². The molecule has 0 aliphatic carbocycles. The number of ether oxygens (including phenoxy) is 1. The predicted molar refractivity (Wildman–Crippen MR) is 42.6 cm³/mol. The minimum atomic E-state index is -1.53. The summed E-state index contributed by atoms with van der Waals surface area (Å²) < 4.78 is 5.85. The second kappa shape index (κ2) is 3.30. The average molecular weight is 182 g/mol. The molecule has 0 unspecified atom stereocenters. The molecule has 0 saturated heterocycles. The molecule has 1 aromatic heterocycles. The Morgan fingerprint density at radius 1 is 1.62 bits per heavy atom. The van der Waals surface area contributed by atoms with Crippen LogP contribution in [0.3, 0.4) is 0 Å². The molecule has 70 valence electrons. The van der Waals surface area contributed by atoms with Crippen molar-refractivity contribution in [3.8, 4) is 5.75 Å². The summed E-state index contributed by atoms with van der Waals surface area (Å²) in [6, 6.07) is 1.40. The van der Waals surface area contributed by atoms with Crippen LogP contribution in [-0.4, -0.2) is 17.6 Å². The molecule has 0 fully saturated rings. The number of methoxy groups -OCH3 is 1. The van der Waals surface area contributed by atoms with E-state index in [1.54, 1.807) is 0 Å². The Kier molecular flexibility index (Phi) is 2.36. The number of carboxylic acid groups (broad SMARTS) is 1. The zero-order chi connectivity index (χ0) is 10.0. The van der Waals surface area contributed by atoms with Crippen LogP contribution in [-0.2, 0) is 7.05 Å². The van der Waals surface area contributed by atoms with Gasteiger partial charge in [-0.3, -0.25) is 4.79 Å². The Labute approximate surface area is 74.2 Å². The average Bonchev–Trinajstić information content (AvgIpc) is 2.08. The van der Waals surface area contributed by atoms with E-state index in [-0.39, 0.29) is 5.75 Å². The lowest BCUT2D eigenvalue weighted by molar-refractivity contribution is -0.255. The standard InChI is InChI=1S/C8H9NO4/c1-9-4-3-5(13-2)6(7(9)10)8(11)12/h3-4H,1-2H3,(H,11,12)/p-1. The summed E-state index contributed by atoms with van der Waals surface area (Å²) in [6.07, 6.45) is 1.42. The maximum atomic E-state index is 11.3. The van der Waals surface area contributed by atoms with E-state index in [1.807, 2.05) is 0 Å². The molecule has 0 saturated carbocycles. The number of carbonyl (C=O) groups is 1. The Balaban J connectivity index is 3.51. The van der Waals surface area contributed by atoms with Crippen LogP contribution in [0.5, 0.6) is 5.75 Å². The van der Waals surface area contributed by atoms with Crippen molar-refractivity contribution < 1.29 is 14.6 Å². The first-order valence-corrected chi connectivity index (χ1v) is 3.53. The van der Waals surface area contributed by atoms with Crippen molar-refractivity contribution in [3.63, 3.8) is 0 Å². The Bertz CT molecular complexity index is 394. The second-order valence-corrected chi connectivity index (χ2v) is 2.46. The van der Waals surface area contributed by atoms with Crippen molar-refractivity contribution >= 4 is 5.97 Å². The number of aromatic nitrogens is 1. The molecule has 0 aliphatic heterocycles. The Hall–Kier alpha value is -1.78. The SMILES string of the molecule is COc1ccn(C)c(=O)c1C(=O)[O-]. The molecule has 5 heteroatoms. The lowest BCUT2D eigenvalue weighted by Crippen LogP contribution is -2.33. The van der Waals surface area contributed by atoms with E-state index in [2.05, 4.69) is 0 Å². The smallest absolute Gasteiger partial charge is 0.263 e. The summed E-state index contributed by atoms with van der Waals surface area (Å²) in [5.41, 5.74) is -1.09. The molecule has 1 heterocycles. The fraction of sp³-hybridized carbons (Fsp3) is 0.250. The summed E-state index contributed by atoms with van der Waals surface area (Å²) in [5, 5.41) is 10.5. The zero-order valence-corrected chi connectivity index (χ0v) is 7.23. The van der Waals surface area contributed by atoms with Gasteiger partial charge in [0.05, 0.1) is 13.1 Å². The van der Waals surface area contributed by atoms with Gasteiger partial charge in [-0.05, 0) is 6.07 Å². The van der Waals surface area contributed by atoms with Gasteiger partial charge in [-0.15, -0.1) is 0 Å². The third-order valence-electron chi connectivity index (χ3n) is 1.65. The van der Waals surface area contributed by atoms with Gasteiger partial charge in [-0.25, -0.2) is 0 Å².